The number of rotatable bonds is 7. The topological polar surface area (TPSA) is 120 Å². The predicted molar refractivity (Wildman–Crippen MR) is 103 cm³/mol. The molecule has 10 heteroatoms. The first-order valence-corrected chi connectivity index (χ1v) is 10.8. The van der Waals surface area contributed by atoms with Gasteiger partial charge in [-0.3, -0.25) is 4.90 Å². The number of hydrogen-bond acceptors (Lipinski definition) is 8. The summed E-state index contributed by atoms with van der Waals surface area (Å²) in [5, 5.41) is 8.49. The van der Waals surface area contributed by atoms with Gasteiger partial charge in [0.05, 0.1) is 37.4 Å². The van der Waals surface area contributed by atoms with Crippen molar-refractivity contribution in [1.29, 1.82) is 0 Å². The molecule has 1 aromatic carbocycles. The monoisotopic (exact) mass is 413 g/mol. The number of esters is 1. The fourth-order valence-electron chi connectivity index (χ4n) is 3.71. The third-order valence-corrected chi connectivity index (χ3v) is 6.16. The highest BCUT2D eigenvalue weighted by molar-refractivity contribution is 7.89. The van der Waals surface area contributed by atoms with Gasteiger partial charge < -0.3 is 19.5 Å². The van der Waals surface area contributed by atoms with E-state index in [2.05, 4.69) is 10.2 Å². The van der Waals surface area contributed by atoms with Crippen LogP contribution >= 0.6 is 0 Å². The van der Waals surface area contributed by atoms with Crippen molar-refractivity contribution in [2.24, 2.45) is 11.1 Å². The van der Waals surface area contributed by atoms with E-state index in [0.29, 0.717) is 38.0 Å². The zero-order valence-corrected chi connectivity index (χ0v) is 16.7. The SMILES string of the molecule is COC(=O)c1cc(S(N)(=O)=O)ccc1NCC(C1CCOC1)N1CCOCC1. The van der Waals surface area contributed by atoms with Gasteiger partial charge in [0.25, 0.3) is 0 Å². The molecule has 0 amide bonds. The molecule has 2 unspecified atom stereocenters. The number of nitrogens with one attached hydrogen (secondary N) is 1. The number of carbonyl (C=O) groups excluding carboxylic acids is 1. The molecule has 9 nitrogen and oxygen atoms in total. The molecule has 3 rings (SSSR count). The Morgan fingerprint density at radius 3 is 2.68 bits per heavy atom. The summed E-state index contributed by atoms with van der Waals surface area (Å²) in [6.45, 7) is 5.13. The van der Waals surface area contributed by atoms with Crippen LogP contribution in [0.25, 0.3) is 0 Å². The molecule has 3 N–H and O–H groups in total. The fraction of sp³-hybridized carbons (Fsp3) is 0.611. The normalized spacial score (nSPS) is 22.0. The first-order valence-electron chi connectivity index (χ1n) is 9.28. The van der Waals surface area contributed by atoms with Gasteiger partial charge in [0.1, 0.15) is 0 Å². The molecule has 2 heterocycles. The fourth-order valence-corrected chi connectivity index (χ4v) is 4.25. The van der Waals surface area contributed by atoms with Gasteiger partial charge in [-0.1, -0.05) is 0 Å². The maximum atomic E-state index is 12.2. The van der Waals surface area contributed by atoms with Crippen LogP contribution in [-0.4, -0.2) is 78.5 Å². The summed E-state index contributed by atoms with van der Waals surface area (Å²) in [7, 11) is -2.67. The van der Waals surface area contributed by atoms with Crippen LogP contribution in [0.1, 0.15) is 16.8 Å². The smallest absolute Gasteiger partial charge is 0.340 e. The Hall–Kier alpha value is -1.72. The van der Waals surface area contributed by atoms with Crippen LogP contribution in [0.5, 0.6) is 0 Å². The average Bonchev–Trinajstić information content (AvgIpc) is 3.22. The molecule has 2 aliphatic heterocycles. The lowest BCUT2D eigenvalue weighted by molar-refractivity contribution is 0.00461. The highest BCUT2D eigenvalue weighted by Crippen LogP contribution is 2.25. The van der Waals surface area contributed by atoms with Crippen LogP contribution in [-0.2, 0) is 24.2 Å². The highest BCUT2D eigenvalue weighted by Gasteiger charge is 2.31. The van der Waals surface area contributed by atoms with E-state index in [0.717, 1.165) is 26.1 Å². The first-order chi connectivity index (χ1) is 13.4. The van der Waals surface area contributed by atoms with E-state index in [4.69, 9.17) is 19.3 Å². The van der Waals surface area contributed by atoms with Crippen molar-refractivity contribution in [3.05, 3.63) is 23.8 Å². The molecule has 0 aromatic heterocycles. The van der Waals surface area contributed by atoms with Crippen LogP contribution in [0.15, 0.2) is 23.1 Å². The summed E-state index contributed by atoms with van der Waals surface area (Å²) in [5.41, 5.74) is 0.647. The van der Waals surface area contributed by atoms with E-state index in [1.165, 1.54) is 19.2 Å². The van der Waals surface area contributed by atoms with E-state index in [-0.39, 0.29) is 16.5 Å². The number of methoxy groups -OCH3 is 1. The number of anilines is 1. The Labute approximate surface area is 165 Å². The molecule has 0 saturated carbocycles. The van der Waals surface area contributed by atoms with Crippen molar-refractivity contribution in [2.45, 2.75) is 17.4 Å². The molecule has 2 saturated heterocycles. The van der Waals surface area contributed by atoms with Crippen molar-refractivity contribution in [1.82, 2.24) is 4.90 Å². The maximum Gasteiger partial charge on any atom is 0.340 e. The lowest BCUT2D eigenvalue weighted by Gasteiger charge is -2.37. The van der Waals surface area contributed by atoms with Crippen molar-refractivity contribution in [2.75, 3.05) is 58.5 Å². The van der Waals surface area contributed by atoms with E-state index in [9.17, 15) is 13.2 Å². The van der Waals surface area contributed by atoms with Gasteiger partial charge in [-0.2, -0.15) is 0 Å². The Bertz CT molecular complexity index is 789. The summed E-state index contributed by atoms with van der Waals surface area (Å²) in [5.74, 6) is -0.240. The minimum atomic E-state index is -3.92. The highest BCUT2D eigenvalue weighted by atomic mass is 32.2. The van der Waals surface area contributed by atoms with E-state index >= 15 is 0 Å². The predicted octanol–water partition coefficient (Wildman–Crippen LogP) is 0.270. The maximum absolute atomic E-state index is 12.2. The van der Waals surface area contributed by atoms with Crippen LogP contribution in [0.2, 0.25) is 0 Å². The second-order valence-corrected chi connectivity index (χ2v) is 8.53. The number of nitrogens with zero attached hydrogens (tertiary/aromatic N) is 1. The second-order valence-electron chi connectivity index (χ2n) is 6.96. The third-order valence-electron chi connectivity index (χ3n) is 5.25. The number of benzene rings is 1. The number of nitrogens with two attached hydrogens (primary N) is 1. The van der Waals surface area contributed by atoms with Gasteiger partial charge in [-0.25, -0.2) is 18.4 Å². The quantitative estimate of drug-likeness (QED) is 0.611. The first kappa shape index (κ1) is 21.0. The molecular weight excluding hydrogens is 386 g/mol. The van der Waals surface area contributed by atoms with Gasteiger partial charge in [-0.05, 0) is 24.6 Å². The number of morpholine rings is 1. The summed E-state index contributed by atoms with van der Waals surface area (Å²) in [6.07, 6.45) is 0.984. The van der Waals surface area contributed by atoms with Gasteiger partial charge in [-0.15, -0.1) is 0 Å². The molecule has 1 aromatic rings. The summed E-state index contributed by atoms with van der Waals surface area (Å²) < 4.78 is 39.1. The molecule has 28 heavy (non-hydrogen) atoms. The molecule has 2 atom stereocenters. The Balaban J connectivity index is 1.80. The lowest BCUT2D eigenvalue weighted by atomic mass is 9.96. The number of ether oxygens (including phenoxy) is 3. The lowest BCUT2D eigenvalue weighted by Crippen LogP contribution is -2.50. The third kappa shape index (κ3) is 5.00. The molecule has 156 valence electrons. The molecule has 0 spiro atoms. The summed E-state index contributed by atoms with van der Waals surface area (Å²) in [6, 6.07) is 4.39. The van der Waals surface area contributed by atoms with Crippen LogP contribution in [0.4, 0.5) is 5.69 Å². The second kappa shape index (κ2) is 9.19. The van der Waals surface area contributed by atoms with Crippen molar-refractivity contribution >= 4 is 21.7 Å². The van der Waals surface area contributed by atoms with Crippen molar-refractivity contribution < 1.29 is 27.4 Å². The molecule has 2 fully saturated rings. The summed E-state index contributed by atoms with van der Waals surface area (Å²) in [4.78, 5) is 14.4. The number of primary sulfonamides is 1. The zero-order chi connectivity index (χ0) is 20.1. The average molecular weight is 413 g/mol. The van der Waals surface area contributed by atoms with Crippen molar-refractivity contribution in [3.63, 3.8) is 0 Å². The number of sulfonamides is 1. The molecule has 0 radical (unpaired) electrons. The largest absolute Gasteiger partial charge is 0.465 e. The molecule has 0 aliphatic carbocycles. The number of carbonyl (C=O) groups is 1. The Kier molecular flexibility index (Phi) is 6.89. The van der Waals surface area contributed by atoms with E-state index in [1.807, 2.05) is 0 Å². The minimum absolute atomic E-state index is 0.132. The van der Waals surface area contributed by atoms with Crippen LogP contribution < -0.4 is 10.5 Å². The van der Waals surface area contributed by atoms with Gasteiger partial charge >= 0.3 is 5.97 Å². The van der Waals surface area contributed by atoms with Crippen LogP contribution in [0, 0.1) is 5.92 Å². The van der Waals surface area contributed by atoms with Gasteiger partial charge in [0.15, 0.2) is 0 Å². The van der Waals surface area contributed by atoms with Crippen molar-refractivity contribution in [3.8, 4) is 0 Å². The zero-order valence-electron chi connectivity index (χ0n) is 15.9. The number of hydrogen-bond donors (Lipinski definition) is 2. The summed E-state index contributed by atoms with van der Waals surface area (Å²) >= 11 is 0. The van der Waals surface area contributed by atoms with E-state index in [1.54, 1.807) is 6.07 Å². The Morgan fingerprint density at radius 1 is 1.32 bits per heavy atom. The van der Waals surface area contributed by atoms with Gasteiger partial charge in [0.2, 0.25) is 10.0 Å². The van der Waals surface area contributed by atoms with E-state index < -0.39 is 16.0 Å². The minimum Gasteiger partial charge on any atom is -0.465 e. The molecular formula is C18H27N3O6S. The molecule has 2 aliphatic rings. The standard InChI is InChI=1S/C18H27N3O6S/c1-25-18(22)15-10-14(28(19,23)24)2-3-16(15)20-11-17(13-4-7-27-12-13)21-5-8-26-9-6-21/h2-3,10,13,17,20H,4-9,11-12H2,1H3,(H2,19,23,24). The molecule has 0 bridgehead atoms. The van der Waals surface area contributed by atoms with Crippen LogP contribution in [0.3, 0.4) is 0 Å². The van der Waals surface area contributed by atoms with Gasteiger partial charge in [0, 0.05) is 43.9 Å². The Morgan fingerprint density at radius 2 is 2.07 bits per heavy atom.